The summed E-state index contributed by atoms with van der Waals surface area (Å²) in [5, 5.41) is 4.63. The molecule has 2 aromatic rings. The summed E-state index contributed by atoms with van der Waals surface area (Å²) in [6.07, 6.45) is 4.76. The van der Waals surface area contributed by atoms with Crippen LogP contribution in [0.4, 0.5) is 0 Å². The second kappa shape index (κ2) is 6.07. The Kier molecular flexibility index (Phi) is 4.44. The molecular weight excluding hydrogens is 242 g/mol. The summed E-state index contributed by atoms with van der Waals surface area (Å²) < 4.78 is 0. The van der Waals surface area contributed by atoms with Crippen molar-refractivity contribution in [2.45, 2.75) is 33.2 Å². The fourth-order valence-corrected chi connectivity index (χ4v) is 2.84. The average Bonchev–Trinajstić information content (AvgIpc) is 2.78. The lowest BCUT2D eigenvalue weighted by Gasteiger charge is -2.16. The van der Waals surface area contributed by atoms with Crippen molar-refractivity contribution in [1.29, 1.82) is 0 Å². The highest BCUT2D eigenvalue weighted by atomic mass is 32.1. The van der Waals surface area contributed by atoms with Crippen molar-refractivity contribution in [1.82, 2.24) is 15.3 Å². The van der Waals surface area contributed by atoms with Crippen LogP contribution in [-0.2, 0) is 6.42 Å². The van der Waals surface area contributed by atoms with Gasteiger partial charge in [0.25, 0.3) is 0 Å². The highest BCUT2D eigenvalue weighted by molar-refractivity contribution is 7.11. The number of nitrogens with zero attached hydrogens (tertiary/aromatic N) is 2. The van der Waals surface area contributed by atoms with Crippen molar-refractivity contribution in [2.24, 2.45) is 0 Å². The van der Waals surface area contributed by atoms with Crippen LogP contribution in [0.5, 0.6) is 0 Å². The summed E-state index contributed by atoms with van der Waals surface area (Å²) >= 11 is 1.76. The van der Waals surface area contributed by atoms with E-state index in [4.69, 9.17) is 0 Å². The van der Waals surface area contributed by atoms with Gasteiger partial charge in [0.1, 0.15) is 0 Å². The van der Waals surface area contributed by atoms with E-state index in [2.05, 4.69) is 35.2 Å². The van der Waals surface area contributed by atoms with Gasteiger partial charge < -0.3 is 5.32 Å². The molecule has 0 aliphatic heterocycles. The van der Waals surface area contributed by atoms with E-state index in [9.17, 15) is 0 Å². The van der Waals surface area contributed by atoms with Crippen LogP contribution >= 0.6 is 11.3 Å². The molecule has 2 rings (SSSR count). The number of nitrogens with one attached hydrogen (secondary N) is 1. The first kappa shape index (κ1) is 13.2. The van der Waals surface area contributed by atoms with Crippen LogP contribution in [0.15, 0.2) is 24.5 Å². The topological polar surface area (TPSA) is 37.8 Å². The van der Waals surface area contributed by atoms with Gasteiger partial charge in [-0.25, -0.2) is 4.98 Å². The van der Waals surface area contributed by atoms with E-state index >= 15 is 0 Å². The molecule has 0 saturated heterocycles. The van der Waals surface area contributed by atoms with Gasteiger partial charge in [-0.2, -0.15) is 0 Å². The standard InChI is InChI=1S/C14H19N3S/c1-4-15-13(14-9-17-11(3)18-14)8-12-10(2)6-5-7-16-12/h5-7,9,13,15H,4,8H2,1-3H3. The molecule has 0 spiro atoms. The molecule has 1 N–H and O–H groups in total. The molecule has 0 fully saturated rings. The number of hydrogen-bond donors (Lipinski definition) is 1. The van der Waals surface area contributed by atoms with E-state index in [1.807, 2.05) is 25.4 Å². The first-order valence-corrected chi connectivity index (χ1v) is 7.08. The Balaban J connectivity index is 2.19. The molecule has 0 amide bonds. The molecule has 0 aliphatic carbocycles. The second-order valence-corrected chi connectivity index (χ2v) is 5.63. The SMILES string of the molecule is CCNC(Cc1ncccc1C)c1cnc(C)s1. The Labute approximate surface area is 112 Å². The molecule has 18 heavy (non-hydrogen) atoms. The third kappa shape index (κ3) is 3.15. The Hall–Kier alpha value is -1.26. The zero-order chi connectivity index (χ0) is 13.0. The largest absolute Gasteiger partial charge is 0.309 e. The summed E-state index contributed by atoms with van der Waals surface area (Å²) in [5.74, 6) is 0. The normalized spacial score (nSPS) is 12.6. The van der Waals surface area contributed by atoms with Gasteiger partial charge in [0.2, 0.25) is 0 Å². The van der Waals surface area contributed by atoms with Crippen LogP contribution in [0.2, 0.25) is 0 Å². The van der Waals surface area contributed by atoms with Crippen molar-refractivity contribution >= 4 is 11.3 Å². The highest BCUT2D eigenvalue weighted by Crippen LogP contribution is 2.24. The molecule has 4 heteroatoms. The van der Waals surface area contributed by atoms with Crippen LogP contribution in [0.1, 0.15) is 34.1 Å². The molecule has 2 aromatic heterocycles. The van der Waals surface area contributed by atoms with Crippen LogP contribution in [-0.4, -0.2) is 16.5 Å². The minimum Gasteiger partial charge on any atom is -0.309 e. The fraction of sp³-hybridized carbons (Fsp3) is 0.429. The number of thiazole rings is 1. The van der Waals surface area contributed by atoms with Crippen molar-refractivity contribution in [3.63, 3.8) is 0 Å². The maximum absolute atomic E-state index is 4.48. The van der Waals surface area contributed by atoms with Gasteiger partial charge in [0, 0.05) is 35.4 Å². The molecule has 1 atom stereocenters. The molecule has 0 bridgehead atoms. The van der Waals surface area contributed by atoms with Crippen LogP contribution in [0, 0.1) is 13.8 Å². The van der Waals surface area contributed by atoms with E-state index in [0.29, 0.717) is 6.04 Å². The molecule has 2 heterocycles. The number of aromatic nitrogens is 2. The van der Waals surface area contributed by atoms with E-state index in [1.165, 1.54) is 10.4 Å². The number of hydrogen-bond acceptors (Lipinski definition) is 4. The first-order valence-electron chi connectivity index (χ1n) is 6.27. The van der Waals surface area contributed by atoms with E-state index in [0.717, 1.165) is 23.7 Å². The third-order valence-corrected chi connectivity index (χ3v) is 3.97. The maximum atomic E-state index is 4.48. The number of likely N-dealkylation sites (N-methyl/N-ethyl adjacent to an activating group) is 1. The quantitative estimate of drug-likeness (QED) is 0.899. The lowest BCUT2D eigenvalue weighted by Crippen LogP contribution is -2.22. The smallest absolute Gasteiger partial charge is 0.0897 e. The average molecular weight is 261 g/mol. The monoisotopic (exact) mass is 261 g/mol. The zero-order valence-electron chi connectivity index (χ0n) is 11.1. The predicted molar refractivity (Wildman–Crippen MR) is 75.9 cm³/mol. The Bertz CT molecular complexity index is 507. The molecule has 0 saturated carbocycles. The molecule has 0 aromatic carbocycles. The van der Waals surface area contributed by atoms with Gasteiger partial charge in [-0.05, 0) is 32.0 Å². The molecule has 0 radical (unpaired) electrons. The first-order chi connectivity index (χ1) is 8.70. The van der Waals surface area contributed by atoms with Crippen molar-refractivity contribution < 1.29 is 0 Å². The Morgan fingerprint density at radius 3 is 2.78 bits per heavy atom. The highest BCUT2D eigenvalue weighted by Gasteiger charge is 2.15. The minimum absolute atomic E-state index is 0.315. The maximum Gasteiger partial charge on any atom is 0.0897 e. The van der Waals surface area contributed by atoms with E-state index < -0.39 is 0 Å². The van der Waals surface area contributed by atoms with E-state index in [1.54, 1.807) is 11.3 Å². The summed E-state index contributed by atoms with van der Waals surface area (Å²) in [5.41, 5.74) is 2.41. The third-order valence-electron chi connectivity index (χ3n) is 2.95. The van der Waals surface area contributed by atoms with Gasteiger partial charge in [-0.15, -0.1) is 11.3 Å². The zero-order valence-corrected chi connectivity index (χ0v) is 11.9. The second-order valence-electron chi connectivity index (χ2n) is 4.36. The molecule has 1 unspecified atom stereocenters. The van der Waals surface area contributed by atoms with Gasteiger partial charge >= 0.3 is 0 Å². The van der Waals surface area contributed by atoms with Crippen LogP contribution in [0.3, 0.4) is 0 Å². The molecule has 3 nitrogen and oxygen atoms in total. The number of pyridine rings is 1. The summed E-state index contributed by atoms with van der Waals surface area (Å²) in [6.45, 7) is 7.24. The number of rotatable bonds is 5. The van der Waals surface area contributed by atoms with E-state index in [-0.39, 0.29) is 0 Å². The van der Waals surface area contributed by atoms with Crippen molar-refractivity contribution in [3.8, 4) is 0 Å². The van der Waals surface area contributed by atoms with Crippen molar-refractivity contribution in [2.75, 3.05) is 6.54 Å². The lowest BCUT2D eigenvalue weighted by molar-refractivity contribution is 0.550. The summed E-state index contributed by atoms with van der Waals surface area (Å²) in [6, 6.07) is 4.41. The molecule has 0 aliphatic rings. The van der Waals surface area contributed by atoms with Gasteiger partial charge in [-0.1, -0.05) is 13.0 Å². The Morgan fingerprint density at radius 2 is 2.17 bits per heavy atom. The fourth-order valence-electron chi connectivity index (χ4n) is 1.98. The molecular formula is C14H19N3S. The number of aryl methyl sites for hydroxylation is 2. The van der Waals surface area contributed by atoms with Gasteiger partial charge in [0.15, 0.2) is 0 Å². The van der Waals surface area contributed by atoms with Crippen molar-refractivity contribution in [3.05, 3.63) is 45.7 Å². The van der Waals surface area contributed by atoms with Gasteiger partial charge in [0.05, 0.1) is 5.01 Å². The van der Waals surface area contributed by atoms with Gasteiger partial charge in [-0.3, -0.25) is 4.98 Å². The minimum atomic E-state index is 0.315. The summed E-state index contributed by atoms with van der Waals surface area (Å²) in [7, 11) is 0. The predicted octanol–water partition coefficient (Wildman–Crippen LogP) is 3.05. The van der Waals surface area contributed by atoms with Crippen LogP contribution < -0.4 is 5.32 Å². The van der Waals surface area contributed by atoms with Crippen LogP contribution in [0.25, 0.3) is 0 Å². The molecule has 96 valence electrons. The lowest BCUT2D eigenvalue weighted by atomic mass is 10.1. The Morgan fingerprint density at radius 1 is 1.33 bits per heavy atom. The summed E-state index contributed by atoms with van der Waals surface area (Å²) in [4.78, 5) is 10.1.